The number of aromatic amines is 1. The summed E-state index contributed by atoms with van der Waals surface area (Å²) in [5.41, 5.74) is 4.15. The molecule has 4 rings (SSSR count). The molecule has 5 heteroatoms. The molecule has 0 bridgehead atoms. The zero-order chi connectivity index (χ0) is 13.7. The number of allylic oxidation sites excluding steroid dienone is 2. The Balaban J connectivity index is 2.02. The molecule has 0 radical (unpaired) electrons. The van der Waals surface area contributed by atoms with Gasteiger partial charge in [0.15, 0.2) is 11.3 Å². The van der Waals surface area contributed by atoms with Crippen molar-refractivity contribution in [3.8, 4) is 0 Å². The molecular weight excluding hydrogens is 250 g/mol. The van der Waals surface area contributed by atoms with Crippen LogP contribution in [0.25, 0.3) is 16.8 Å². The monoisotopic (exact) mass is 267 g/mol. The van der Waals surface area contributed by atoms with Gasteiger partial charge in [-0.25, -0.2) is 4.98 Å². The predicted molar refractivity (Wildman–Crippen MR) is 77.5 cm³/mol. The van der Waals surface area contributed by atoms with Crippen LogP contribution in [0.5, 0.6) is 0 Å². The lowest BCUT2D eigenvalue weighted by atomic mass is 9.79. The van der Waals surface area contributed by atoms with Crippen LogP contribution in [0, 0.1) is 5.92 Å². The Hall–Kier alpha value is -2.17. The lowest BCUT2D eigenvalue weighted by Crippen LogP contribution is -2.18. The lowest BCUT2D eigenvalue weighted by Gasteiger charge is -2.27. The minimum Gasteiger partial charge on any atom is -0.345 e. The van der Waals surface area contributed by atoms with Crippen LogP contribution in [0.2, 0.25) is 0 Å². The molecule has 0 aliphatic heterocycles. The average molecular weight is 267 g/mol. The number of hydrogen-bond donors (Lipinski definition) is 1. The molecular formula is C15H17N5. The first-order chi connectivity index (χ1) is 9.75. The standard InChI is InChI=1S/C15H17N5/c1-9-4-3-5-10(2)13(9)15-19-18-12-8-17-14-11(20(12)15)6-7-16-14/h4,6-8,10,13,16H,3,5H2,1-2H3. The highest BCUT2D eigenvalue weighted by molar-refractivity contribution is 5.74. The fraction of sp³-hybridized carbons (Fsp3) is 0.400. The number of aromatic nitrogens is 5. The van der Waals surface area contributed by atoms with Gasteiger partial charge in [0.1, 0.15) is 5.82 Å². The maximum atomic E-state index is 4.47. The Labute approximate surface area is 116 Å². The molecule has 3 aromatic heterocycles. The van der Waals surface area contributed by atoms with Crippen molar-refractivity contribution in [3.05, 3.63) is 35.9 Å². The van der Waals surface area contributed by atoms with E-state index in [0.717, 1.165) is 22.6 Å². The molecule has 0 spiro atoms. The third-order valence-corrected chi connectivity index (χ3v) is 4.39. The molecule has 3 heterocycles. The Morgan fingerprint density at radius 1 is 1.35 bits per heavy atom. The molecule has 0 saturated heterocycles. The second-order valence-electron chi connectivity index (χ2n) is 5.70. The molecule has 0 saturated carbocycles. The molecule has 20 heavy (non-hydrogen) atoms. The van der Waals surface area contributed by atoms with Crippen molar-refractivity contribution in [3.63, 3.8) is 0 Å². The van der Waals surface area contributed by atoms with E-state index in [0.29, 0.717) is 11.8 Å². The first kappa shape index (κ1) is 11.6. The van der Waals surface area contributed by atoms with Gasteiger partial charge in [-0.1, -0.05) is 18.6 Å². The third kappa shape index (κ3) is 1.52. The van der Waals surface area contributed by atoms with Crippen LogP contribution in [-0.2, 0) is 0 Å². The summed E-state index contributed by atoms with van der Waals surface area (Å²) >= 11 is 0. The normalized spacial score (nSPS) is 23.4. The SMILES string of the molecule is CC1=CCCC(C)C1c1nnc2cnc3[nH]ccc3n12. The van der Waals surface area contributed by atoms with Gasteiger partial charge in [-0.2, -0.15) is 0 Å². The van der Waals surface area contributed by atoms with E-state index in [4.69, 9.17) is 0 Å². The fourth-order valence-electron chi connectivity index (χ4n) is 3.37. The highest BCUT2D eigenvalue weighted by Gasteiger charge is 2.28. The van der Waals surface area contributed by atoms with Crippen molar-refractivity contribution in [1.82, 2.24) is 24.6 Å². The van der Waals surface area contributed by atoms with Gasteiger partial charge in [-0.05, 0) is 31.7 Å². The molecule has 0 fully saturated rings. The van der Waals surface area contributed by atoms with Gasteiger partial charge in [-0.3, -0.25) is 4.40 Å². The molecule has 3 aromatic rings. The molecule has 2 unspecified atom stereocenters. The molecule has 1 N–H and O–H groups in total. The van der Waals surface area contributed by atoms with Gasteiger partial charge in [0.25, 0.3) is 0 Å². The van der Waals surface area contributed by atoms with Gasteiger partial charge in [0.2, 0.25) is 0 Å². The van der Waals surface area contributed by atoms with E-state index in [1.807, 2.05) is 12.3 Å². The molecule has 1 aliphatic rings. The fourth-order valence-corrected chi connectivity index (χ4v) is 3.37. The molecule has 0 amide bonds. The van der Waals surface area contributed by atoms with E-state index >= 15 is 0 Å². The van der Waals surface area contributed by atoms with Crippen LogP contribution in [0.1, 0.15) is 38.4 Å². The van der Waals surface area contributed by atoms with Crippen molar-refractivity contribution in [2.75, 3.05) is 0 Å². The lowest BCUT2D eigenvalue weighted by molar-refractivity contribution is 0.434. The highest BCUT2D eigenvalue weighted by Crippen LogP contribution is 2.37. The first-order valence-electron chi connectivity index (χ1n) is 7.09. The summed E-state index contributed by atoms with van der Waals surface area (Å²) in [7, 11) is 0. The summed E-state index contributed by atoms with van der Waals surface area (Å²) < 4.78 is 2.14. The summed E-state index contributed by atoms with van der Waals surface area (Å²) in [5, 5.41) is 8.77. The summed E-state index contributed by atoms with van der Waals surface area (Å²) in [6, 6.07) is 2.04. The third-order valence-electron chi connectivity index (χ3n) is 4.39. The summed E-state index contributed by atoms with van der Waals surface area (Å²) in [6.07, 6.45) is 8.40. The predicted octanol–water partition coefficient (Wildman–Crippen LogP) is 3.07. The van der Waals surface area contributed by atoms with Crippen LogP contribution in [0.4, 0.5) is 0 Å². The zero-order valence-corrected chi connectivity index (χ0v) is 11.7. The summed E-state index contributed by atoms with van der Waals surface area (Å²) in [5.74, 6) is 1.97. The van der Waals surface area contributed by atoms with Crippen molar-refractivity contribution in [1.29, 1.82) is 0 Å². The minimum absolute atomic E-state index is 0.347. The summed E-state index contributed by atoms with van der Waals surface area (Å²) in [4.78, 5) is 7.52. The number of fused-ring (bicyclic) bond motifs is 3. The number of H-pyrrole nitrogens is 1. The Morgan fingerprint density at radius 2 is 2.25 bits per heavy atom. The van der Waals surface area contributed by atoms with Crippen LogP contribution in [0.15, 0.2) is 30.1 Å². The quantitative estimate of drug-likeness (QED) is 0.689. The molecule has 0 aromatic carbocycles. The summed E-state index contributed by atoms with van der Waals surface area (Å²) in [6.45, 7) is 4.51. The van der Waals surface area contributed by atoms with Crippen molar-refractivity contribution >= 4 is 16.8 Å². The van der Waals surface area contributed by atoms with Crippen LogP contribution in [0.3, 0.4) is 0 Å². The topological polar surface area (TPSA) is 58.9 Å². The minimum atomic E-state index is 0.347. The molecule has 5 nitrogen and oxygen atoms in total. The zero-order valence-electron chi connectivity index (χ0n) is 11.7. The van der Waals surface area contributed by atoms with E-state index in [1.165, 1.54) is 18.4 Å². The highest BCUT2D eigenvalue weighted by atomic mass is 15.3. The maximum absolute atomic E-state index is 4.47. The number of nitrogens with one attached hydrogen (secondary N) is 1. The van der Waals surface area contributed by atoms with Crippen molar-refractivity contribution in [2.45, 2.75) is 32.6 Å². The van der Waals surface area contributed by atoms with Gasteiger partial charge >= 0.3 is 0 Å². The Morgan fingerprint density at radius 3 is 3.10 bits per heavy atom. The molecule has 2 atom stereocenters. The molecule has 1 aliphatic carbocycles. The van der Waals surface area contributed by atoms with E-state index in [-0.39, 0.29) is 0 Å². The van der Waals surface area contributed by atoms with Crippen LogP contribution >= 0.6 is 0 Å². The molecule has 102 valence electrons. The van der Waals surface area contributed by atoms with Gasteiger partial charge in [-0.15, -0.1) is 10.2 Å². The van der Waals surface area contributed by atoms with Gasteiger partial charge < -0.3 is 4.98 Å². The second-order valence-corrected chi connectivity index (χ2v) is 5.70. The van der Waals surface area contributed by atoms with Gasteiger partial charge in [0.05, 0.1) is 11.7 Å². The van der Waals surface area contributed by atoms with Crippen molar-refractivity contribution in [2.24, 2.45) is 5.92 Å². The van der Waals surface area contributed by atoms with Crippen molar-refractivity contribution < 1.29 is 0 Å². The van der Waals surface area contributed by atoms with E-state index in [9.17, 15) is 0 Å². The van der Waals surface area contributed by atoms with Crippen LogP contribution < -0.4 is 0 Å². The maximum Gasteiger partial charge on any atom is 0.179 e. The van der Waals surface area contributed by atoms with Crippen LogP contribution in [-0.4, -0.2) is 24.6 Å². The number of rotatable bonds is 1. The average Bonchev–Trinajstić information content (AvgIpc) is 3.03. The second kappa shape index (κ2) is 4.16. The number of nitrogens with zero attached hydrogens (tertiary/aromatic N) is 4. The smallest absolute Gasteiger partial charge is 0.179 e. The van der Waals surface area contributed by atoms with E-state index < -0.39 is 0 Å². The Bertz CT molecular complexity index is 810. The number of hydrogen-bond acceptors (Lipinski definition) is 3. The van der Waals surface area contributed by atoms with E-state index in [2.05, 4.69) is 44.5 Å². The Kier molecular flexibility index (Phi) is 2.42. The van der Waals surface area contributed by atoms with E-state index in [1.54, 1.807) is 6.20 Å². The first-order valence-corrected chi connectivity index (χ1v) is 7.09. The van der Waals surface area contributed by atoms with Gasteiger partial charge in [0, 0.05) is 12.1 Å². The largest absolute Gasteiger partial charge is 0.345 e.